The molecule has 0 unspecified atom stereocenters. The fourth-order valence-corrected chi connectivity index (χ4v) is 2.35. The third kappa shape index (κ3) is 2.35. The van der Waals surface area contributed by atoms with Crippen LogP contribution >= 0.6 is 11.8 Å². The van der Waals surface area contributed by atoms with Gasteiger partial charge in [-0.2, -0.15) is 11.8 Å². The molecule has 2 amide bonds. The van der Waals surface area contributed by atoms with Crippen LogP contribution in [-0.4, -0.2) is 29.6 Å². The van der Waals surface area contributed by atoms with Crippen LogP contribution in [0, 0.1) is 0 Å². The number of carbonyl (C=O) groups excluding carboxylic acids is 1. The van der Waals surface area contributed by atoms with Gasteiger partial charge in [0.2, 0.25) is 0 Å². The van der Waals surface area contributed by atoms with E-state index < -0.39 is 0 Å². The molecule has 0 radical (unpaired) electrons. The molecular formula is C10H18N2OS. The molecule has 2 fully saturated rings. The maximum atomic E-state index is 11.4. The fraction of sp³-hybridized carbons (Fsp3) is 0.900. The summed E-state index contributed by atoms with van der Waals surface area (Å²) in [6.45, 7) is 0.826. The summed E-state index contributed by atoms with van der Waals surface area (Å²) in [5.41, 5.74) is 0. The highest BCUT2D eigenvalue weighted by Crippen LogP contribution is 2.46. The average molecular weight is 214 g/mol. The quantitative estimate of drug-likeness (QED) is 0.748. The predicted octanol–water partition coefficient (Wildman–Crippen LogP) is 1.73. The van der Waals surface area contributed by atoms with Crippen molar-refractivity contribution in [2.24, 2.45) is 0 Å². The zero-order valence-electron chi connectivity index (χ0n) is 8.64. The fourth-order valence-electron chi connectivity index (χ4n) is 1.62. The van der Waals surface area contributed by atoms with E-state index in [4.69, 9.17) is 0 Å². The molecule has 0 spiro atoms. The summed E-state index contributed by atoms with van der Waals surface area (Å²) in [5.74, 6) is 0. The molecule has 0 aromatic rings. The van der Waals surface area contributed by atoms with Crippen molar-refractivity contribution in [3.8, 4) is 0 Å². The van der Waals surface area contributed by atoms with Crippen molar-refractivity contribution in [3.05, 3.63) is 0 Å². The molecule has 0 aromatic carbocycles. The van der Waals surface area contributed by atoms with E-state index in [2.05, 4.69) is 16.9 Å². The minimum absolute atomic E-state index is 0.0232. The first-order valence-electron chi connectivity index (χ1n) is 5.34. The van der Waals surface area contributed by atoms with E-state index in [9.17, 15) is 4.79 Å². The van der Waals surface area contributed by atoms with Gasteiger partial charge < -0.3 is 10.6 Å². The van der Waals surface area contributed by atoms with Crippen LogP contribution in [0.15, 0.2) is 0 Å². The standard InChI is InChI=1S/C10H18N2OS/c1-14-10(5-6-10)7-11-9(13)12-8-3-2-4-8/h8H,2-7H2,1H3,(H2,11,12,13). The molecule has 0 heterocycles. The van der Waals surface area contributed by atoms with Crippen molar-refractivity contribution in [3.63, 3.8) is 0 Å². The first kappa shape index (κ1) is 10.1. The Kier molecular flexibility index (Phi) is 2.91. The smallest absolute Gasteiger partial charge is 0.315 e. The molecule has 0 bridgehead atoms. The molecule has 2 aliphatic rings. The second-order valence-electron chi connectivity index (χ2n) is 4.34. The van der Waals surface area contributed by atoms with Crippen molar-refractivity contribution < 1.29 is 4.79 Å². The van der Waals surface area contributed by atoms with Crippen molar-refractivity contribution in [1.29, 1.82) is 0 Å². The molecule has 2 N–H and O–H groups in total. The Bertz CT molecular complexity index is 224. The van der Waals surface area contributed by atoms with E-state index >= 15 is 0 Å². The number of urea groups is 1. The van der Waals surface area contributed by atoms with Gasteiger partial charge >= 0.3 is 6.03 Å². The molecule has 80 valence electrons. The van der Waals surface area contributed by atoms with Gasteiger partial charge in [-0.1, -0.05) is 0 Å². The van der Waals surface area contributed by atoms with Gasteiger partial charge in [0, 0.05) is 17.3 Å². The van der Waals surface area contributed by atoms with Crippen LogP contribution in [-0.2, 0) is 0 Å². The number of hydrogen-bond donors (Lipinski definition) is 2. The Balaban J connectivity index is 1.62. The van der Waals surface area contributed by atoms with Gasteiger partial charge in [0.1, 0.15) is 0 Å². The average Bonchev–Trinajstić information content (AvgIpc) is 2.89. The zero-order valence-corrected chi connectivity index (χ0v) is 9.45. The third-order valence-corrected chi connectivity index (χ3v) is 4.67. The molecule has 0 aliphatic heterocycles. The van der Waals surface area contributed by atoms with Crippen molar-refractivity contribution in [2.45, 2.75) is 42.9 Å². The van der Waals surface area contributed by atoms with E-state index in [1.54, 1.807) is 0 Å². The highest BCUT2D eigenvalue weighted by Gasteiger charge is 2.42. The van der Waals surface area contributed by atoms with Crippen LogP contribution in [0.5, 0.6) is 0 Å². The number of amides is 2. The monoisotopic (exact) mass is 214 g/mol. The predicted molar refractivity (Wildman–Crippen MR) is 59.7 cm³/mol. The van der Waals surface area contributed by atoms with Gasteiger partial charge in [0.25, 0.3) is 0 Å². The first-order valence-corrected chi connectivity index (χ1v) is 6.56. The number of rotatable bonds is 4. The normalized spacial score (nSPS) is 23.8. The highest BCUT2D eigenvalue weighted by atomic mass is 32.2. The lowest BCUT2D eigenvalue weighted by Crippen LogP contribution is -2.46. The molecule has 0 saturated heterocycles. The van der Waals surface area contributed by atoms with E-state index in [1.165, 1.54) is 19.3 Å². The summed E-state index contributed by atoms with van der Waals surface area (Å²) < 4.78 is 0.372. The molecule has 4 heteroatoms. The molecule has 2 rings (SSSR count). The van der Waals surface area contributed by atoms with Gasteiger partial charge in [0.05, 0.1) is 0 Å². The van der Waals surface area contributed by atoms with Gasteiger partial charge in [-0.15, -0.1) is 0 Å². The van der Waals surface area contributed by atoms with E-state index in [1.807, 2.05) is 11.8 Å². The summed E-state index contributed by atoms with van der Waals surface area (Å²) in [6, 6.07) is 0.467. The number of thioether (sulfide) groups is 1. The van der Waals surface area contributed by atoms with Gasteiger partial charge in [-0.05, 0) is 38.4 Å². The largest absolute Gasteiger partial charge is 0.337 e. The second kappa shape index (κ2) is 4.01. The minimum atomic E-state index is 0.0232. The van der Waals surface area contributed by atoms with Crippen molar-refractivity contribution in [2.75, 3.05) is 12.8 Å². The second-order valence-corrected chi connectivity index (χ2v) is 5.62. The number of hydrogen-bond acceptors (Lipinski definition) is 2. The highest BCUT2D eigenvalue weighted by molar-refractivity contribution is 8.00. The van der Waals surface area contributed by atoms with Crippen LogP contribution < -0.4 is 10.6 Å². The summed E-state index contributed by atoms with van der Waals surface area (Å²) in [4.78, 5) is 11.4. The molecule has 14 heavy (non-hydrogen) atoms. The van der Waals surface area contributed by atoms with E-state index in [0.29, 0.717) is 10.8 Å². The van der Waals surface area contributed by atoms with Crippen molar-refractivity contribution >= 4 is 17.8 Å². The van der Waals surface area contributed by atoms with E-state index in [-0.39, 0.29) is 6.03 Å². The topological polar surface area (TPSA) is 41.1 Å². The van der Waals surface area contributed by atoms with Crippen LogP contribution in [0.2, 0.25) is 0 Å². The molecular weight excluding hydrogens is 196 g/mol. The van der Waals surface area contributed by atoms with Crippen LogP contribution in [0.4, 0.5) is 4.79 Å². The Morgan fingerprint density at radius 1 is 1.50 bits per heavy atom. The van der Waals surface area contributed by atoms with Crippen LogP contribution in [0.25, 0.3) is 0 Å². The SMILES string of the molecule is CSC1(CNC(=O)NC2CCC2)CC1. The summed E-state index contributed by atoms with van der Waals surface area (Å²) in [7, 11) is 0. The minimum Gasteiger partial charge on any atom is -0.337 e. The van der Waals surface area contributed by atoms with Crippen LogP contribution in [0.3, 0.4) is 0 Å². The Morgan fingerprint density at radius 3 is 2.64 bits per heavy atom. The lowest BCUT2D eigenvalue weighted by molar-refractivity contribution is 0.228. The first-order chi connectivity index (χ1) is 6.74. The maximum absolute atomic E-state index is 11.4. The Morgan fingerprint density at radius 2 is 2.21 bits per heavy atom. The third-order valence-electron chi connectivity index (χ3n) is 3.25. The lowest BCUT2D eigenvalue weighted by atomic mass is 9.93. The van der Waals surface area contributed by atoms with Gasteiger partial charge in [-0.3, -0.25) is 0 Å². The lowest BCUT2D eigenvalue weighted by Gasteiger charge is -2.26. The van der Waals surface area contributed by atoms with Gasteiger partial charge in [0.15, 0.2) is 0 Å². The summed E-state index contributed by atoms with van der Waals surface area (Å²) in [6.07, 6.45) is 8.19. The number of carbonyl (C=O) groups is 1. The summed E-state index contributed by atoms with van der Waals surface area (Å²) >= 11 is 1.88. The van der Waals surface area contributed by atoms with Gasteiger partial charge in [-0.25, -0.2) is 4.79 Å². The maximum Gasteiger partial charge on any atom is 0.315 e. The molecule has 0 aromatic heterocycles. The van der Waals surface area contributed by atoms with E-state index in [0.717, 1.165) is 19.4 Å². The zero-order chi connectivity index (χ0) is 10.0. The molecule has 0 atom stereocenters. The molecule has 3 nitrogen and oxygen atoms in total. The molecule has 2 aliphatic carbocycles. The Hall–Kier alpha value is -0.380. The van der Waals surface area contributed by atoms with Crippen LogP contribution in [0.1, 0.15) is 32.1 Å². The Labute approximate surface area is 89.4 Å². The summed E-state index contributed by atoms with van der Waals surface area (Å²) in [5, 5.41) is 5.95. The number of nitrogens with one attached hydrogen (secondary N) is 2. The molecule has 2 saturated carbocycles. The van der Waals surface area contributed by atoms with Crippen molar-refractivity contribution in [1.82, 2.24) is 10.6 Å².